The van der Waals surface area contributed by atoms with Gasteiger partial charge in [-0.2, -0.15) is 0 Å². The van der Waals surface area contributed by atoms with E-state index in [-0.39, 0.29) is 30.3 Å². The summed E-state index contributed by atoms with van der Waals surface area (Å²) < 4.78 is 1.44. The summed E-state index contributed by atoms with van der Waals surface area (Å²) in [4.78, 5) is 29.2. The second-order valence-electron chi connectivity index (χ2n) is 5.27. The molecule has 1 aliphatic rings. The van der Waals surface area contributed by atoms with Gasteiger partial charge in [0, 0.05) is 25.6 Å². The number of amides is 2. The molecule has 0 saturated carbocycles. The van der Waals surface area contributed by atoms with Crippen molar-refractivity contribution in [2.24, 2.45) is 0 Å². The van der Waals surface area contributed by atoms with E-state index in [0.29, 0.717) is 19.5 Å². The van der Waals surface area contributed by atoms with Crippen molar-refractivity contribution in [2.75, 3.05) is 18.8 Å². The van der Waals surface area contributed by atoms with Crippen molar-refractivity contribution in [3.8, 4) is 0 Å². The maximum absolute atomic E-state index is 12.1. The Hall–Kier alpha value is -2.12. The van der Waals surface area contributed by atoms with E-state index in [1.165, 1.54) is 11.0 Å². The van der Waals surface area contributed by atoms with E-state index in [4.69, 9.17) is 5.73 Å². The molecule has 0 aliphatic carbocycles. The first-order valence-electron chi connectivity index (χ1n) is 7.30. The Kier molecular flexibility index (Phi) is 5.13. The zero-order valence-electron chi connectivity index (χ0n) is 12.3. The fraction of sp³-hybridized carbons (Fsp3) is 0.692. The standard InChI is InChI=1S/C13H22N6O2/c1-2-3-11(20)16-10-4-6-18(7-5-10)12(21)8-19-9-15-13(14)17-19/h9-10H,2-8H2,1H3,(H2,14,17)(H,16,20). The molecule has 0 unspecified atom stereocenters. The third kappa shape index (κ3) is 4.44. The number of hydrogen-bond donors (Lipinski definition) is 2. The third-order valence-corrected chi connectivity index (χ3v) is 3.54. The summed E-state index contributed by atoms with van der Waals surface area (Å²) in [6.07, 6.45) is 4.45. The molecule has 1 saturated heterocycles. The molecule has 0 atom stereocenters. The van der Waals surface area contributed by atoms with Crippen LogP contribution in [-0.2, 0) is 16.1 Å². The lowest BCUT2D eigenvalue weighted by atomic mass is 10.0. The number of nitrogens with two attached hydrogens (primary N) is 1. The van der Waals surface area contributed by atoms with Crippen LogP contribution in [0, 0.1) is 0 Å². The highest BCUT2D eigenvalue weighted by Gasteiger charge is 2.23. The van der Waals surface area contributed by atoms with Crippen LogP contribution in [0.25, 0.3) is 0 Å². The maximum Gasteiger partial charge on any atom is 0.244 e. The number of carbonyl (C=O) groups excluding carboxylic acids is 2. The summed E-state index contributed by atoms with van der Waals surface area (Å²) in [5, 5.41) is 6.91. The first-order valence-corrected chi connectivity index (χ1v) is 7.30. The summed E-state index contributed by atoms with van der Waals surface area (Å²) in [5.74, 6) is 0.263. The van der Waals surface area contributed by atoms with Crippen LogP contribution >= 0.6 is 0 Å². The Morgan fingerprint density at radius 1 is 1.43 bits per heavy atom. The molecule has 1 aliphatic heterocycles. The first kappa shape index (κ1) is 15.3. The highest BCUT2D eigenvalue weighted by atomic mass is 16.2. The van der Waals surface area contributed by atoms with Crippen molar-refractivity contribution >= 4 is 17.8 Å². The van der Waals surface area contributed by atoms with Gasteiger partial charge in [-0.1, -0.05) is 6.92 Å². The van der Waals surface area contributed by atoms with Gasteiger partial charge in [-0.3, -0.25) is 9.59 Å². The number of rotatable bonds is 5. The molecule has 0 aromatic carbocycles. The van der Waals surface area contributed by atoms with Gasteiger partial charge in [0.05, 0.1) is 0 Å². The molecule has 0 radical (unpaired) electrons. The predicted molar refractivity (Wildman–Crippen MR) is 77.1 cm³/mol. The molecule has 1 aromatic rings. The number of nitrogens with zero attached hydrogens (tertiary/aromatic N) is 4. The van der Waals surface area contributed by atoms with Crippen LogP contribution in [-0.4, -0.2) is 50.6 Å². The number of piperidine rings is 1. The topological polar surface area (TPSA) is 106 Å². The molecule has 21 heavy (non-hydrogen) atoms. The lowest BCUT2D eigenvalue weighted by Crippen LogP contribution is -2.47. The van der Waals surface area contributed by atoms with Gasteiger partial charge in [0.1, 0.15) is 12.9 Å². The van der Waals surface area contributed by atoms with Gasteiger partial charge in [0.2, 0.25) is 17.8 Å². The van der Waals surface area contributed by atoms with Gasteiger partial charge in [0.25, 0.3) is 0 Å². The predicted octanol–water partition coefficient (Wildman–Crippen LogP) is -0.232. The summed E-state index contributed by atoms with van der Waals surface area (Å²) >= 11 is 0. The number of aromatic nitrogens is 3. The molecular weight excluding hydrogens is 272 g/mol. The molecule has 2 heterocycles. The zero-order chi connectivity index (χ0) is 15.2. The van der Waals surface area contributed by atoms with E-state index in [2.05, 4.69) is 15.4 Å². The summed E-state index contributed by atoms with van der Waals surface area (Å²) in [5.41, 5.74) is 5.41. The van der Waals surface area contributed by atoms with E-state index in [1.54, 1.807) is 4.90 Å². The van der Waals surface area contributed by atoms with Crippen molar-refractivity contribution in [2.45, 2.75) is 45.2 Å². The molecule has 1 fully saturated rings. The van der Waals surface area contributed by atoms with E-state index >= 15 is 0 Å². The van der Waals surface area contributed by atoms with Crippen LogP contribution < -0.4 is 11.1 Å². The molecule has 8 nitrogen and oxygen atoms in total. The molecule has 2 amide bonds. The highest BCUT2D eigenvalue weighted by Crippen LogP contribution is 2.11. The van der Waals surface area contributed by atoms with Crippen LogP contribution in [0.15, 0.2) is 6.33 Å². The number of likely N-dealkylation sites (tertiary alicyclic amines) is 1. The smallest absolute Gasteiger partial charge is 0.244 e. The molecule has 8 heteroatoms. The van der Waals surface area contributed by atoms with Crippen molar-refractivity contribution in [1.82, 2.24) is 25.0 Å². The molecular formula is C13H22N6O2. The van der Waals surface area contributed by atoms with E-state index in [1.807, 2.05) is 6.92 Å². The van der Waals surface area contributed by atoms with Gasteiger partial charge in [-0.05, 0) is 19.3 Å². The first-order chi connectivity index (χ1) is 10.1. The molecule has 1 aromatic heterocycles. The van der Waals surface area contributed by atoms with Crippen LogP contribution in [0.1, 0.15) is 32.6 Å². The van der Waals surface area contributed by atoms with Crippen LogP contribution in [0.5, 0.6) is 0 Å². The average Bonchev–Trinajstić information content (AvgIpc) is 2.85. The molecule has 116 valence electrons. The maximum atomic E-state index is 12.1. The monoisotopic (exact) mass is 294 g/mol. The van der Waals surface area contributed by atoms with E-state index in [0.717, 1.165) is 19.3 Å². The van der Waals surface area contributed by atoms with Gasteiger partial charge >= 0.3 is 0 Å². The van der Waals surface area contributed by atoms with Crippen molar-refractivity contribution < 1.29 is 9.59 Å². The third-order valence-electron chi connectivity index (χ3n) is 3.54. The summed E-state index contributed by atoms with van der Waals surface area (Å²) in [6, 6.07) is 0.176. The molecule has 2 rings (SSSR count). The fourth-order valence-electron chi connectivity index (χ4n) is 2.42. The summed E-state index contributed by atoms with van der Waals surface area (Å²) in [6.45, 7) is 3.44. The van der Waals surface area contributed by atoms with E-state index in [9.17, 15) is 9.59 Å². The zero-order valence-corrected chi connectivity index (χ0v) is 12.3. The Morgan fingerprint density at radius 3 is 2.71 bits per heavy atom. The number of nitrogen functional groups attached to an aromatic ring is 1. The van der Waals surface area contributed by atoms with Crippen LogP contribution in [0.2, 0.25) is 0 Å². The van der Waals surface area contributed by atoms with Crippen molar-refractivity contribution in [3.63, 3.8) is 0 Å². The second kappa shape index (κ2) is 7.05. The minimum atomic E-state index is -0.00163. The van der Waals surface area contributed by atoms with Gasteiger partial charge in [-0.25, -0.2) is 9.67 Å². The minimum Gasteiger partial charge on any atom is -0.367 e. The fourth-order valence-corrected chi connectivity index (χ4v) is 2.42. The quantitative estimate of drug-likeness (QED) is 0.780. The summed E-state index contributed by atoms with van der Waals surface area (Å²) in [7, 11) is 0. The number of carbonyl (C=O) groups is 2. The van der Waals surface area contributed by atoms with Crippen LogP contribution in [0.3, 0.4) is 0 Å². The van der Waals surface area contributed by atoms with E-state index < -0.39 is 0 Å². The second-order valence-corrected chi connectivity index (χ2v) is 5.27. The van der Waals surface area contributed by atoms with Crippen molar-refractivity contribution in [1.29, 1.82) is 0 Å². The largest absolute Gasteiger partial charge is 0.367 e. The lowest BCUT2D eigenvalue weighted by molar-refractivity contribution is -0.133. The normalized spacial score (nSPS) is 16.0. The average molecular weight is 294 g/mol. The Bertz CT molecular complexity index is 493. The molecule has 3 N–H and O–H groups in total. The Morgan fingerprint density at radius 2 is 2.14 bits per heavy atom. The Labute approximate surface area is 123 Å². The lowest BCUT2D eigenvalue weighted by Gasteiger charge is -2.32. The number of hydrogen-bond acceptors (Lipinski definition) is 5. The van der Waals surface area contributed by atoms with Gasteiger partial charge in [0.15, 0.2) is 0 Å². The van der Waals surface area contributed by atoms with Gasteiger partial charge < -0.3 is 16.0 Å². The van der Waals surface area contributed by atoms with Crippen molar-refractivity contribution in [3.05, 3.63) is 6.33 Å². The molecule has 0 bridgehead atoms. The number of anilines is 1. The SMILES string of the molecule is CCCC(=O)NC1CCN(C(=O)Cn2cnc(N)n2)CC1. The Balaban J connectivity index is 1.75. The number of nitrogens with one attached hydrogen (secondary N) is 1. The van der Waals surface area contributed by atoms with Crippen LogP contribution in [0.4, 0.5) is 5.95 Å². The molecule has 0 spiro atoms. The van der Waals surface area contributed by atoms with Gasteiger partial charge in [-0.15, -0.1) is 5.10 Å². The highest BCUT2D eigenvalue weighted by molar-refractivity contribution is 5.77. The minimum absolute atomic E-state index is 0.00163.